The molecule has 0 amide bonds. The molecule has 1 unspecified atom stereocenters. The second-order valence-corrected chi connectivity index (χ2v) is 4.70. The Morgan fingerprint density at radius 3 is 1.80 bits per heavy atom. The predicted molar refractivity (Wildman–Crippen MR) is 45.1 cm³/mol. The van der Waals surface area contributed by atoms with Crippen LogP contribution in [0.5, 0.6) is 0 Å². The van der Waals surface area contributed by atoms with E-state index in [0.29, 0.717) is 11.0 Å². The third-order valence-electron chi connectivity index (χ3n) is 3.39. The molecule has 0 radical (unpaired) electrons. The second kappa shape index (κ2) is 1.97. The first-order chi connectivity index (χ1) is 4.38. The topological polar surface area (TPSA) is 3.24 Å². The molecule has 1 aliphatic rings. The van der Waals surface area contributed by atoms with E-state index in [-0.39, 0.29) is 0 Å². The van der Waals surface area contributed by atoms with Crippen molar-refractivity contribution in [3.05, 3.63) is 0 Å². The summed E-state index contributed by atoms with van der Waals surface area (Å²) in [5.74, 6) is 0. The maximum absolute atomic E-state index is 2.45. The third-order valence-corrected chi connectivity index (χ3v) is 3.39. The highest BCUT2D eigenvalue weighted by Gasteiger charge is 2.46. The van der Waals surface area contributed by atoms with Crippen molar-refractivity contribution in [2.45, 2.75) is 39.7 Å². The van der Waals surface area contributed by atoms with Gasteiger partial charge >= 0.3 is 0 Å². The quantitative estimate of drug-likeness (QED) is 0.499. The summed E-state index contributed by atoms with van der Waals surface area (Å²) in [6.07, 6.45) is 1.35. The van der Waals surface area contributed by atoms with E-state index in [1.54, 1.807) is 0 Å². The Bertz CT molecular complexity index is 134. The van der Waals surface area contributed by atoms with Crippen LogP contribution in [0.3, 0.4) is 0 Å². The van der Waals surface area contributed by atoms with E-state index >= 15 is 0 Å². The van der Waals surface area contributed by atoms with E-state index in [0.717, 1.165) is 0 Å². The lowest BCUT2D eigenvalue weighted by Gasteiger charge is -2.56. The molecule has 0 aromatic carbocycles. The Balaban J connectivity index is 2.70. The number of nitrogens with zero attached hydrogens (tertiary/aromatic N) is 1. The van der Waals surface area contributed by atoms with Crippen molar-refractivity contribution in [3.63, 3.8) is 0 Å². The van der Waals surface area contributed by atoms with Crippen LogP contribution in [0.2, 0.25) is 0 Å². The molecule has 0 saturated carbocycles. The molecule has 1 heteroatoms. The van der Waals surface area contributed by atoms with Crippen LogP contribution in [0.15, 0.2) is 0 Å². The summed E-state index contributed by atoms with van der Waals surface area (Å²) >= 11 is 0. The first-order valence-electron chi connectivity index (χ1n) is 4.09. The van der Waals surface area contributed by atoms with Crippen molar-refractivity contribution in [1.82, 2.24) is 4.90 Å². The van der Waals surface area contributed by atoms with Crippen LogP contribution in [-0.2, 0) is 0 Å². The van der Waals surface area contributed by atoms with Gasteiger partial charge in [-0.25, -0.2) is 0 Å². The molecule has 1 rings (SSSR count). The maximum Gasteiger partial charge on any atom is 0.0238 e. The van der Waals surface area contributed by atoms with Gasteiger partial charge in [0.1, 0.15) is 0 Å². The number of rotatable bonds is 0. The average Bonchev–Trinajstić information content (AvgIpc) is 1.80. The van der Waals surface area contributed by atoms with Gasteiger partial charge in [0.25, 0.3) is 0 Å². The Hall–Kier alpha value is -0.0400. The predicted octanol–water partition coefficient (Wildman–Crippen LogP) is 2.13. The molecule has 60 valence electrons. The van der Waals surface area contributed by atoms with Crippen LogP contribution in [0.25, 0.3) is 0 Å². The minimum absolute atomic E-state index is 0.431. The highest BCUT2D eigenvalue weighted by molar-refractivity contribution is 5.02. The van der Waals surface area contributed by atoms with Crippen LogP contribution in [0.1, 0.15) is 34.1 Å². The van der Waals surface area contributed by atoms with E-state index in [2.05, 4.69) is 39.6 Å². The molecule has 0 aliphatic carbocycles. The minimum Gasteiger partial charge on any atom is -0.300 e. The molecule has 10 heavy (non-hydrogen) atoms. The first kappa shape index (κ1) is 8.06. The molecule has 0 N–H and O–H groups in total. The van der Waals surface area contributed by atoms with Crippen LogP contribution >= 0.6 is 0 Å². The smallest absolute Gasteiger partial charge is 0.0238 e. The normalized spacial score (nSPS) is 35.7. The zero-order valence-corrected chi connectivity index (χ0v) is 7.86. The summed E-state index contributed by atoms with van der Waals surface area (Å²) in [7, 11) is 2.22. The highest BCUT2D eigenvalue weighted by Crippen LogP contribution is 2.43. The van der Waals surface area contributed by atoms with Crippen molar-refractivity contribution in [2.75, 3.05) is 13.6 Å². The van der Waals surface area contributed by atoms with Gasteiger partial charge in [-0.3, -0.25) is 0 Å². The van der Waals surface area contributed by atoms with Gasteiger partial charge in [0.05, 0.1) is 0 Å². The summed E-state index contributed by atoms with van der Waals surface area (Å²) in [6, 6.07) is 0. The molecular formula is C9H19N. The first-order valence-corrected chi connectivity index (χ1v) is 4.09. The third kappa shape index (κ3) is 0.878. The van der Waals surface area contributed by atoms with Gasteiger partial charge in [-0.05, 0) is 25.8 Å². The molecule has 1 heterocycles. The van der Waals surface area contributed by atoms with E-state index < -0.39 is 0 Å². The van der Waals surface area contributed by atoms with Crippen molar-refractivity contribution < 1.29 is 0 Å². The molecule has 0 spiro atoms. The lowest BCUT2D eigenvalue weighted by molar-refractivity contribution is -0.0586. The van der Waals surface area contributed by atoms with E-state index in [9.17, 15) is 0 Å². The van der Waals surface area contributed by atoms with Crippen molar-refractivity contribution >= 4 is 0 Å². The summed E-state index contributed by atoms with van der Waals surface area (Å²) < 4.78 is 0. The molecule has 0 aromatic heterocycles. The van der Waals surface area contributed by atoms with Crippen molar-refractivity contribution in [3.8, 4) is 0 Å². The van der Waals surface area contributed by atoms with Crippen LogP contribution in [-0.4, -0.2) is 24.0 Å². The SMILES string of the molecule is CN1CCC1(C)C(C)(C)C. The van der Waals surface area contributed by atoms with Gasteiger partial charge in [0.15, 0.2) is 0 Å². The van der Waals surface area contributed by atoms with Gasteiger partial charge in [-0.2, -0.15) is 0 Å². The van der Waals surface area contributed by atoms with Gasteiger partial charge < -0.3 is 4.90 Å². The zero-order valence-electron chi connectivity index (χ0n) is 7.86. The molecule has 1 saturated heterocycles. The summed E-state index contributed by atoms with van der Waals surface area (Å²) in [6.45, 7) is 10.6. The fourth-order valence-electron chi connectivity index (χ4n) is 1.62. The van der Waals surface area contributed by atoms with E-state index in [4.69, 9.17) is 0 Å². The lowest BCUT2D eigenvalue weighted by atomic mass is 9.67. The second-order valence-electron chi connectivity index (χ2n) is 4.70. The number of hydrogen-bond acceptors (Lipinski definition) is 1. The molecule has 0 bridgehead atoms. The Labute approximate surface area is 64.4 Å². The maximum atomic E-state index is 2.45. The van der Waals surface area contributed by atoms with Crippen LogP contribution < -0.4 is 0 Å². The molecule has 1 nitrogen and oxygen atoms in total. The van der Waals surface area contributed by atoms with E-state index in [1.165, 1.54) is 13.0 Å². The van der Waals surface area contributed by atoms with Crippen LogP contribution in [0, 0.1) is 5.41 Å². The molecule has 1 atom stereocenters. The monoisotopic (exact) mass is 141 g/mol. The summed E-state index contributed by atoms with van der Waals surface area (Å²) in [5.41, 5.74) is 0.882. The lowest BCUT2D eigenvalue weighted by Crippen LogP contribution is -2.62. The highest BCUT2D eigenvalue weighted by atomic mass is 15.2. The summed E-state index contributed by atoms with van der Waals surface area (Å²) in [4.78, 5) is 2.45. The zero-order chi connectivity index (χ0) is 7.99. The van der Waals surface area contributed by atoms with Crippen LogP contribution in [0.4, 0.5) is 0 Å². The summed E-state index contributed by atoms with van der Waals surface area (Å²) in [5, 5.41) is 0. The van der Waals surface area contributed by atoms with Crippen molar-refractivity contribution in [2.24, 2.45) is 5.41 Å². The molecule has 1 fully saturated rings. The van der Waals surface area contributed by atoms with Crippen molar-refractivity contribution in [1.29, 1.82) is 0 Å². The number of likely N-dealkylation sites (tertiary alicyclic amines) is 1. The van der Waals surface area contributed by atoms with E-state index in [1.807, 2.05) is 0 Å². The number of hydrogen-bond donors (Lipinski definition) is 0. The van der Waals surface area contributed by atoms with Gasteiger partial charge in [-0.15, -0.1) is 0 Å². The largest absolute Gasteiger partial charge is 0.300 e. The fraction of sp³-hybridized carbons (Fsp3) is 1.00. The minimum atomic E-state index is 0.431. The molecule has 1 aliphatic heterocycles. The Morgan fingerprint density at radius 2 is 1.80 bits per heavy atom. The van der Waals surface area contributed by atoms with Gasteiger partial charge in [0.2, 0.25) is 0 Å². The fourth-order valence-corrected chi connectivity index (χ4v) is 1.62. The molecular weight excluding hydrogens is 122 g/mol. The molecule has 0 aromatic rings. The Kier molecular flexibility index (Phi) is 1.59. The standard InChI is InChI=1S/C9H19N/c1-8(2,3)9(4)6-7-10(9)5/h6-7H2,1-5H3. The van der Waals surface area contributed by atoms with Gasteiger partial charge in [-0.1, -0.05) is 20.8 Å². The Morgan fingerprint density at radius 1 is 1.30 bits per heavy atom. The van der Waals surface area contributed by atoms with Gasteiger partial charge in [0, 0.05) is 12.1 Å². The average molecular weight is 141 g/mol.